The molecule has 0 aromatic heterocycles. The lowest BCUT2D eigenvalue weighted by molar-refractivity contribution is -0.394. The summed E-state index contributed by atoms with van der Waals surface area (Å²) in [6.07, 6.45) is 0. The fourth-order valence-corrected chi connectivity index (χ4v) is 4.06. The molecule has 4 rings (SSSR count). The highest BCUT2D eigenvalue weighted by Gasteiger charge is 2.46. The lowest BCUT2D eigenvalue weighted by atomic mass is 9.69. The summed E-state index contributed by atoms with van der Waals surface area (Å²) in [5.74, 6) is -2.22. The number of rotatable bonds is 7. The predicted octanol–water partition coefficient (Wildman–Crippen LogP) is 5.22. The van der Waals surface area contributed by atoms with Crippen LogP contribution in [0.2, 0.25) is 0 Å². The third-order valence-electron chi connectivity index (χ3n) is 5.67. The quantitative estimate of drug-likeness (QED) is 0.116. The van der Waals surface area contributed by atoms with E-state index in [0.29, 0.717) is 16.7 Å². The van der Waals surface area contributed by atoms with Gasteiger partial charge in [-0.15, -0.1) is 0 Å². The molecule has 0 fully saturated rings. The molecule has 4 aromatic rings. The van der Waals surface area contributed by atoms with Gasteiger partial charge in [0.1, 0.15) is 5.41 Å². The number of ether oxygens (including phenoxy) is 1. The molecule has 178 valence electrons. The zero-order valence-corrected chi connectivity index (χ0v) is 18.6. The van der Waals surface area contributed by atoms with Crippen LogP contribution in [0.3, 0.4) is 0 Å². The van der Waals surface area contributed by atoms with Crippen molar-refractivity contribution in [1.82, 2.24) is 0 Å². The maximum Gasteiger partial charge on any atom is 0.346 e. The van der Waals surface area contributed by atoms with Gasteiger partial charge in [-0.25, -0.2) is 9.59 Å². The molecular weight excluding hydrogens is 464 g/mol. The highest BCUT2D eigenvalue weighted by Crippen LogP contribution is 2.40. The second-order valence-corrected chi connectivity index (χ2v) is 7.78. The van der Waals surface area contributed by atoms with Crippen LogP contribution in [-0.2, 0) is 14.9 Å². The number of nitro groups is 2. The summed E-state index contributed by atoms with van der Waals surface area (Å²) >= 11 is 0. The molecule has 4 aromatic carbocycles. The van der Waals surface area contributed by atoms with E-state index in [1.165, 1.54) is 0 Å². The van der Waals surface area contributed by atoms with Gasteiger partial charge < -0.3 is 4.74 Å². The second-order valence-electron chi connectivity index (χ2n) is 7.78. The number of esters is 2. The van der Waals surface area contributed by atoms with Crippen LogP contribution >= 0.6 is 0 Å². The van der Waals surface area contributed by atoms with Crippen molar-refractivity contribution in [2.45, 2.75) is 5.41 Å². The number of benzene rings is 4. The first-order valence-corrected chi connectivity index (χ1v) is 10.7. The number of carbonyl (C=O) groups excluding carboxylic acids is 2. The van der Waals surface area contributed by atoms with Crippen LogP contribution in [0.1, 0.15) is 27.0 Å². The lowest BCUT2D eigenvalue weighted by Crippen LogP contribution is -2.41. The molecule has 0 saturated heterocycles. The molecule has 9 nitrogen and oxygen atoms in total. The molecule has 0 bridgehead atoms. The summed E-state index contributed by atoms with van der Waals surface area (Å²) in [7, 11) is 0. The third-order valence-corrected chi connectivity index (χ3v) is 5.67. The minimum Gasteiger partial charge on any atom is -0.388 e. The Labute approximate surface area is 204 Å². The third kappa shape index (κ3) is 4.45. The molecule has 9 heteroatoms. The summed E-state index contributed by atoms with van der Waals surface area (Å²) in [5, 5.41) is 22.5. The molecule has 0 heterocycles. The molecule has 0 unspecified atom stereocenters. The summed E-state index contributed by atoms with van der Waals surface area (Å²) in [6, 6.07) is 28.6. The van der Waals surface area contributed by atoms with Gasteiger partial charge in [0.15, 0.2) is 0 Å². The van der Waals surface area contributed by atoms with E-state index in [1.54, 1.807) is 91.0 Å². The molecule has 0 N–H and O–H groups in total. The van der Waals surface area contributed by atoms with Gasteiger partial charge >= 0.3 is 11.9 Å². The van der Waals surface area contributed by atoms with Crippen molar-refractivity contribution in [2.24, 2.45) is 0 Å². The second kappa shape index (κ2) is 9.98. The topological polar surface area (TPSA) is 130 Å². The Morgan fingerprint density at radius 2 is 0.972 bits per heavy atom. The van der Waals surface area contributed by atoms with Gasteiger partial charge in [0.25, 0.3) is 11.4 Å². The van der Waals surface area contributed by atoms with E-state index in [-0.39, 0.29) is 0 Å². The number of hydrogen-bond acceptors (Lipinski definition) is 7. The normalized spacial score (nSPS) is 10.9. The number of non-ortho nitro benzene ring substituents is 2. The molecule has 0 aliphatic heterocycles. The van der Waals surface area contributed by atoms with Crippen molar-refractivity contribution in [3.63, 3.8) is 0 Å². The van der Waals surface area contributed by atoms with Gasteiger partial charge in [-0.3, -0.25) is 20.2 Å². The molecule has 0 radical (unpaired) electrons. The van der Waals surface area contributed by atoms with Crippen LogP contribution in [-0.4, -0.2) is 21.8 Å². The average molecular weight is 482 g/mol. The van der Waals surface area contributed by atoms with E-state index in [4.69, 9.17) is 4.74 Å². The fourth-order valence-electron chi connectivity index (χ4n) is 4.06. The van der Waals surface area contributed by atoms with E-state index in [2.05, 4.69) is 0 Å². The maximum atomic E-state index is 14.0. The Kier molecular flexibility index (Phi) is 6.64. The monoisotopic (exact) mass is 482 g/mol. The first kappa shape index (κ1) is 24.0. The molecule has 0 aliphatic carbocycles. The van der Waals surface area contributed by atoms with Crippen molar-refractivity contribution in [1.29, 1.82) is 0 Å². The first-order chi connectivity index (χ1) is 17.3. The van der Waals surface area contributed by atoms with E-state index in [0.717, 1.165) is 18.2 Å². The molecular formula is C27H18N2O7. The van der Waals surface area contributed by atoms with Crippen molar-refractivity contribution < 1.29 is 24.2 Å². The van der Waals surface area contributed by atoms with E-state index in [9.17, 15) is 29.8 Å². The molecule has 0 saturated carbocycles. The highest BCUT2D eigenvalue weighted by atomic mass is 16.6. The standard InChI is InChI=1S/C27H18N2O7/c30-25(19-16-23(28(32)33)18-24(17-19)29(34)35)36-26(31)27(20-10-4-1-5-11-20,21-12-6-2-7-13-21)22-14-8-3-9-15-22/h1-18H. The molecule has 0 spiro atoms. The van der Waals surface area contributed by atoms with Crippen LogP contribution in [0.15, 0.2) is 109 Å². The summed E-state index contributed by atoms with van der Waals surface area (Å²) in [6.45, 7) is 0. The molecule has 0 aliphatic rings. The zero-order valence-electron chi connectivity index (χ0n) is 18.6. The summed E-state index contributed by atoms with van der Waals surface area (Å²) in [5.41, 5.74) is -1.87. The van der Waals surface area contributed by atoms with Crippen molar-refractivity contribution in [2.75, 3.05) is 0 Å². The van der Waals surface area contributed by atoms with Crippen LogP contribution in [0.25, 0.3) is 0 Å². The number of nitrogens with zero attached hydrogens (tertiary/aromatic N) is 2. The largest absolute Gasteiger partial charge is 0.388 e. The molecule has 0 amide bonds. The molecule has 36 heavy (non-hydrogen) atoms. The van der Waals surface area contributed by atoms with Gasteiger partial charge in [0.2, 0.25) is 0 Å². The van der Waals surface area contributed by atoms with Gasteiger partial charge in [0, 0.05) is 12.1 Å². The van der Waals surface area contributed by atoms with Crippen LogP contribution in [0.5, 0.6) is 0 Å². The first-order valence-electron chi connectivity index (χ1n) is 10.7. The van der Waals surface area contributed by atoms with Gasteiger partial charge in [0.05, 0.1) is 21.5 Å². The van der Waals surface area contributed by atoms with Crippen LogP contribution < -0.4 is 0 Å². The van der Waals surface area contributed by atoms with Gasteiger partial charge in [-0.05, 0) is 16.7 Å². The van der Waals surface area contributed by atoms with E-state index in [1.807, 2.05) is 0 Å². The minimum absolute atomic E-state index is 0.493. The Bertz CT molecular complexity index is 1310. The van der Waals surface area contributed by atoms with Crippen molar-refractivity contribution in [3.8, 4) is 0 Å². The van der Waals surface area contributed by atoms with E-state index >= 15 is 0 Å². The summed E-state index contributed by atoms with van der Waals surface area (Å²) in [4.78, 5) is 47.8. The SMILES string of the molecule is O=C(OC(=O)C(c1ccccc1)(c1ccccc1)c1ccccc1)c1cc([N+](=O)[O-])cc([N+](=O)[O-])c1. The molecule has 0 atom stereocenters. The van der Waals surface area contributed by atoms with Gasteiger partial charge in [-0.1, -0.05) is 91.0 Å². The lowest BCUT2D eigenvalue weighted by Gasteiger charge is -2.33. The fraction of sp³-hybridized carbons (Fsp3) is 0.0370. The maximum absolute atomic E-state index is 14.0. The average Bonchev–Trinajstić information content (AvgIpc) is 2.90. The smallest absolute Gasteiger partial charge is 0.346 e. The Hall–Kier alpha value is -5.18. The van der Waals surface area contributed by atoms with E-state index < -0.39 is 44.1 Å². The van der Waals surface area contributed by atoms with Crippen molar-refractivity contribution in [3.05, 3.63) is 152 Å². The predicted molar refractivity (Wildman–Crippen MR) is 129 cm³/mol. The van der Waals surface area contributed by atoms with Gasteiger partial charge in [-0.2, -0.15) is 0 Å². The highest BCUT2D eigenvalue weighted by molar-refractivity contribution is 6.03. The minimum atomic E-state index is -1.58. The van der Waals surface area contributed by atoms with Crippen LogP contribution in [0, 0.1) is 20.2 Å². The Morgan fingerprint density at radius 1 is 0.611 bits per heavy atom. The van der Waals surface area contributed by atoms with Crippen molar-refractivity contribution >= 4 is 23.3 Å². The summed E-state index contributed by atoms with van der Waals surface area (Å²) < 4.78 is 5.31. The number of hydrogen-bond donors (Lipinski definition) is 0. The van der Waals surface area contributed by atoms with Crippen LogP contribution in [0.4, 0.5) is 11.4 Å². The zero-order chi connectivity index (χ0) is 25.7. The number of carbonyl (C=O) groups is 2. The Balaban J connectivity index is 1.87. The number of nitro benzene ring substituents is 2. The Morgan fingerprint density at radius 3 is 1.31 bits per heavy atom.